The van der Waals surface area contributed by atoms with Crippen LogP contribution in [0.4, 0.5) is 11.4 Å². The maximum absolute atomic E-state index is 11.3. The van der Waals surface area contributed by atoms with E-state index >= 15 is 0 Å². The zero-order valence-corrected chi connectivity index (χ0v) is 13.0. The van der Waals surface area contributed by atoms with Gasteiger partial charge in [-0.1, -0.05) is 20.8 Å². The lowest BCUT2D eigenvalue weighted by molar-refractivity contribution is -0.397. The quantitative estimate of drug-likeness (QED) is 0.601. The van der Waals surface area contributed by atoms with E-state index in [1.54, 1.807) is 34.6 Å². The Morgan fingerprint density at radius 1 is 0.947 bits per heavy atom. The Hall–Kier alpha value is -1.50. The molecule has 1 rings (SSSR count). The second kappa shape index (κ2) is 4.88. The van der Waals surface area contributed by atoms with E-state index in [0.29, 0.717) is 15.6 Å². The molecule has 0 N–H and O–H groups in total. The Kier molecular flexibility index (Phi) is 4.00. The summed E-state index contributed by atoms with van der Waals surface area (Å²) >= 11 is 3.21. The molecule has 0 radical (unpaired) electrons. The van der Waals surface area contributed by atoms with Crippen molar-refractivity contribution in [2.45, 2.75) is 40.0 Å². The Labute approximate surface area is 119 Å². The van der Waals surface area contributed by atoms with Gasteiger partial charge in [-0.3, -0.25) is 20.2 Å². The summed E-state index contributed by atoms with van der Waals surface area (Å²) in [6.45, 7) is 8.38. The maximum Gasteiger partial charge on any atom is 0.284 e. The van der Waals surface area contributed by atoms with Gasteiger partial charge in [0.05, 0.1) is 9.85 Å². The first-order valence-corrected chi connectivity index (χ1v) is 6.41. The monoisotopic (exact) mass is 330 g/mol. The van der Waals surface area contributed by atoms with Gasteiger partial charge in [0.25, 0.3) is 11.4 Å². The third kappa shape index (κ3) is 2.60. The van der Waals surface area contributed by atoms with Crippen LogP contribution in [0.3, 0.4) is 0 Å². The van der Waals surface area contributed by atoms with Crippen LogP contribution in [0.1, 0.15) is 37.5 Å². The summed E-state index contributed by atoms with van der Waals surface area (Å²) in [6, 6.07) is 0. The van der Waals surface area contributed by atoms with Gasteiger partial charge >= 0.3 is 0 Å². The van der Waals surface area contributed by atoms with Crippen molar-refractivity contribution in [3.63, 3.8) is 0 Å². The molecular weight excluding hydrogens is 316 g/mol. The summed E-state index contributed by atoms with van der Waals surface area (Å²) in [5.41, 5.74) is -0.0637. The number of hydrogen-bond acceptors (Lipinski definition) is 4. The van der Waals surface area contributed by atoms with Gasteiger partial charge in [0, 0.05) is 21.0 Å². The van der Waals surface area contributed by atoms with Crippen molar-refractivity contribution in [2.24, 2.45) is 0 Å². The molecule has 6 nitrogen and oxygen atoms in total. The number of nitrogens with zero attached hydrogens (tertiary/aromatic N) is 2. The number of benzene rings is 1. The van der Waals surface area contributed by atoms with E-state index in [0.717, 1.165) is 0 Å². The Morgan fingerprint density at radius 2 is 1.26 bits per heavy atom. The van der Waals surface area contributed by atoms with E-state index in [1.807, 2.05) is 0 Å². The molecule has 104 valence electrons. The zero-order chi connectivity index (χ0) is 15.1. The van der Waals surface area contributed by atoms with Crippen molar-refractivity contribution < 1.29 is 9.85 Å². The van der Waals surface area contributed by atoms with Crippen molar-refractivity contribution in [3.8, 4) is 0 Å². The molecule has 0 aromatic heterocycles. The van der Waals surface area contributed by atoms with Crippen LogP contribution in [-0.4, -0.2) is 9.85 Å². The average Bonchev–Trinajstić information content (AvgIpc) is 2.22. The summed E-state index contributed by atoms with van der Waals surface area (Å²) in [5.74, 6) is 0. The lowest BCUT2D eigenvalue weighted by Gasteiger charge is -2.21. The van der Waals surface area contributed by atoms with Gasteiger partial charge in [0.1, 0.15) is 5.56 Å². The van der Waals surface area contributed by atoms with Crippen LogP contribution in [0.5, 0.6) is 0 Å². The topological polar surface area (TPSA) is 86.3 Å². The molecule has 0 fully saturated rings. The molecule has 7 heteroatoms. The molecule has 0 spiro atoms. The van der Waals surface area contributed by atoms with Crippen molar-refractivity contribution in [3.05, 3.63) is 41.4 Å². The van der Waals surface area contributed by atoms with Gasteiger partial charge in [-0.2, -0.15) is 0 Å². The number of nitro benzene ring substituents is 2. The van der Waals surface area contributed by atoms with Gasteiger partial charge in [-0.15, -0.1) is 0 Å². The fourth-order valence-corrected chi connectivity index (χ4v) is 2.52. The summed E-state index contributed by atoms with van der Waals surface area (Å²) in [4.78, 5) is 21.5. The molecule has 0 aliphatic heterocycles. The molecule has 0 aliphatic carbocycles. The van der Waals surface area contributed by atoms with Gasteiger partial charge in [-0.25, -0.2) is 0 Å². The fourth-order valence-electron chi connectivity index (χ4n) is 2.14. The number of rotatable bonds is 2. The van der Waals surface area contributed by atoms with Crippen LogP contribution in [0.15, 0.2) is 4.47 Å². The Morgan fingerprint density at radius 3 is 1.47 bits per heavy atom. The Balaban J connectivity index is 4.03. The Bertz CT molecular complexity index is 535. The molecule has 0 atom stereocenters. The van der Waals surface area contributed by atoms with Crippen LogP contribution >= 0.6 is 15.9 Å². The molecule has 0 saturated carbocycles. The van der Waals surface area contributed by atoms with E-state index in [9.17, 15) is 20.2 Å². The van der Waals surface area contributed by atoms with Crippen LogP contribution < -0.4 is 0 Å². The van der Waals surface area contributed by atoms with Crippen LogP contribution in [0.25, 0.3) is 0 Å². The highest BCUT2D eigenvalue weighted by atomic mass is 79.9. The minimum absolute atomic E-state index is 0.167. The zero-order valence-electron chi connectivity index (χ0n) is 11.4. The minimum Gasteiger partial charge on any atom is -0.258 e. The second-order valence-corrected chi connectivity index (χ2v) is 6.19. The number of nitro groups is 2. The second-order valence-electron chi connectivity index (χ2n) is 5.40. The van der Waals surface area contributed by atoms with Crippen molar-refractivity contribution >= 4 is 27.3 Å². The molecule has 0 unspecified atom stereocenters. The van der Waals surface area contributed by atoms with Crippen molar-refractivity contribution in [2.75, 3.05) is 0 Å². The van der Waals surface area contributed by atoms with Gasteiger partial charge < -0.3 is 0 Å². The summed E-state index contributed by atoms with van der Waals surface area (Å²) < 4.78 is 0.416. The van der Waals surface area contributed by atoms with Gasteiger partial charge in [0.2, 0.25) is 0 Å². The van der Waals surface area contributed by atoms with E-state index in [1.165, 1.54) is 0 Å². The molecular formula is C12H15BrN2O4. The highest BCUT2D eigenvalue weighted by Crippen LogP contribution is 2.45. The average molecular weight is 331 g/mol. The van der Waals surface area contributed by atoms with Crippen LogP contribution in [-0.2, 0) is 5.41 Å². The molecule has 0 saturated heterocycles. The van der Waals surface area contributed by atoms with Gasteiger partial charge in [0.15, 0.2) is 0 Å². The third-order valence-corrected chi connectivity index (χ3v) is 4.15. The summed E-state index contributed by atoms with van der Waals surface area (Å²) in [5, 5.41) is 22.6. The normalized spacial score (nSPS) is 11.5. The van der Waals surface area contributed by atoms with Crippen molar-refractivity contribution in [1.29, 1.82) is 0 Å². The minimum atomic E-state index is -0.693. The van der Waals surface area contributed by atoms with Crippen LogP contribution in [0, 0.1) is 34.1 Å². The lowest BCUT2D eigenvalue weighted by atomic mass is 9.82. The molecule has 19 heavy (non-hydrogen) atoms. The first-order chi connectivity index (χ1) is 8.50. The summed E-state index contributed by atoms with van der Waals surface area (Å²) in [6.07, 6.45) is 0. The van der Waals surface area contributed by atoms with E-state index in [4.69, 9.17) is 0 Å². The van der Waals surface area contributed by atoms with Gasteiger partial charge in [-0.05, 0) is 29.8 Å². The molecule has 0 bridgehead atoms. The van der Waals surface area contributed by atoms with Crippen LogP contribution in [0.2, 0.25) is 0 Å². The standard InChI is InChI=1S/C12H15BrN2O4/c1-6-9(13)7(2)11(15(18)19)8(12(3,4)5)10(6)14(16)17/h1-5H3. The number of hydrogen-bond donors (Lipinski definition) is 0. The molecule has 1 aromatic carbocycles. The van der Waals surface area contributed by atoms with E-state index in [2.05, 4.69) is 15.9 Å². The maximum atomic E-state index is 11.3. The predicted octanol–water partition coefficient (Wildman–Crippen LogP) is 4.18. The predicted molar refractivity (Wildman–Crippen MR) is 75.6 cm³/mol. The molecule has 1 aromatic rings. The smallest absolute Gasteiger partial charge is 0.258 e. The third-order valence-electron chi connectivity index (χ3n) is 2.96. The summed E-state index contributed by atoms with van der Waals surface area (Å²) in [7, 11) is 0. The number of halogens is 1. The highest BCUT2D eigenvalue weighted by molar-refractivity contribution is 9.10. The lowest BCUT2D eigenvalue weighted by Crippen LogP contribution is -2.18. The van der Waals surface area contributed by atoms with Crippen molar-refractivity contribution in [1.82, 2.24) is 0 Å². The largest absolute Gasteiger partial charge is 0.284 e. The fraction of sp³-hybridized carbons (Fsp3) is 0.500. The first kappa shape index (κ1) is 15.6. The highest BCUT2D eigenvalue weighted by Gasteiger charge is 2.38. The SMILES string of the molecule is Cc1c(Br)c(C)c([N+](=O)[O-])c(C(C)(C)C)c1[N+](=O)[O-]. The first-order valence-electron chi connectivity index (χ1n) is 5.62. The van der Waals surface area contributed by atoms with E-state index < -0.39 is 15.3 Å². The van der Waals surface area contributed by atoms with E-state index in [-0.39, 0.29) is 16.9 Å². The molecule has 0 amide bonds. The molecule has 0 heterocycles. The molecule has 0 aliphatic rings.